The maximum absolute atomic E-state index is 13.1. The van der Waals surface area contributed by atoms with Gasteiger partial charge in [0.1, 0.15) is 5.82 Å². The third-order valence-electron chi connectivity index (χ3n) is 4.27. The van der Waals surface area contributed by atoms with Crippen molar-refractivity contribution in [2.45, 2.75) is 38.3 Å². The molecular formula is C19H21F3N4. The summed E-state index contributed by atoms with van der Waals surface area (Å²) < 4.78 is 39.2. The summed E-state index contributed by atoms with van der Waals surface area (Å²) in [7, 11) is 0. The number of rotatable bonds is 6. The maximum Gasteiger partial charge on any atom is 0.418 e. The molecule has 0 saturated carbocycles. The fourth-order valence-electron chi connectivity index (χ4n) is 2.96. The number of anilines is 3. The Hall–Kier alpha value is -2.57. The second-order valence-electron chi connectivity index (χ2n) is 6.22. The van der Waals surface area contributed by atoms with Gasteiger partial charge in [0.2, 0.25) is 5.95 Å². The van der Waals surface area contributed by atoms with Gasteiger partial charge >= 0.3 is 6.18 Å². The number of para-hydroxylation sites is 1. The Morgan fingerprint density at radius 3 is 2.69 bits per heavy atom. The van der Waals surface area contributed by atoms with Crippen molar-refractivity contribution >= 4 is 17.5 Å². The van der Waals surface area contributed by atoms with Crippen LogP contribution in [0.4, 0.5) is 30.6 Å². The van der Waals surface area contributed by atoms with Crippen LogP contribution in [0.3, 0.4) is 0 Å². The molecule has 3 rings (SSSR count). The van der Waals surface area contributed by atoms with Gasteiger partial charge in [-0.1, -0.05) is 23.8 Å². The fraction of sp³-hybridized carbons (Fsp3) is 0.368. The average molecular weight is 362 g/mol. The van der Waals surface area contributed by atoms with E-state index in [-0.39, 0.29) is 11.6 Å². The molecule has 1 aliphatic carbocycles. The molecule has 0 atom stereocenters. The minimum Gasteiger partial charge on any atom is -0.370 e. The first-order valence-electron chi connectivity index (χ1n) is 8.70. The summed E-state index contributed by atoms with van der Waals surface area (Å²) in [6.45, 7) is 0.738. The third-order valence-corrected chi connectivity index (χ3v) is 4.27. The van der Waals surface area contributed by atoms with E-state index in [1.807, 2.05) is 0 Å². The van der Waals surface area contributed by atoms with Crippen molar-refractivity contribution < 1.29 is 13.2 Å². The lowest BCUT2D eigenvalue weighted by molar-refractivity contribution is -0.136. The van der Waals surface area contributed by atoms with Gasteiger partial charge in [0.05, 0.1) is 11.3 Å². The molecule has 0 aliphatic heterocycles. The van der Waals surface area contributed by atoms with Gasteiger partial charge in [0.15, 0.2) is 0 Å². The molecule has 0 unspecified atom stereocenters. The molecule has 1 heterocycles. The van der Waals surface area contributed by atoms with Crippen LogP contribution in [0.5, 0.6) is 0 Å². The molecule has 0 amide bonds. The summed E-state index contributed by atoms with van der Waals surface area (Å²) in [5, 5.41) is 5.87. The van der Waals surface area contributed by atoms with Crippen molar-refractivity contribution in [2.24, 2.45) is 0 Å². The zero-order chi connectivity index (χ0) is 18.4. The molecule has 0 radical (unpaired) electrons. The SMILES string of the molecule is FC(F)(F)c1ccccc1Nc1nccc(NCCC2=CCCCC2)n1. The van der Waals surface area contributed by atoms with Gasteiger partial charge in [-0.05, 0) is 50.3 Å². The molecule has 2 N–H and O–H groups in total. The van der Waals surface area contributed by atoms with Gasteiger partial charge in [-0.15, -0.1) is 0 Å². The largest absolute Gasteiger partial charge is 0.418 e. The first-order chi connectivity index (χ1) is 12.5. The van der Waals surface area contributed by atoms with E-state index in [1.165, 1.54) is 42.8 Å². The van der Waals surface area contributed by atoms with Crippen molar-refractivity contribution in [3.05, 3.63) is 53.7 Å². The number of nitrogens with zero attached hydrogens (tertiary/aromatic N) is 2. The minimum atomic E-state index is -4.44. The summed E-state index contributed by atoms with van der Waals surface area (Å²) in [4.78, 5) is 8.27. The van der Waals surface area contributed by atoms with E-state index in [1.54, 1.807) is 6.07 Å². The van der Waals surface area contributed by atoms with Crippen LogP contribution in [0.2, 0.25) is 0 Å². The Morgan fingerprint density at radius 1 is 1.08 bits per heavy atom. The van der Waals surface area contributed by atoms with Gasteiger partial charge in [-0.25, -0.2) is 4.98 Å². The lowest BCUT2D eigenvalue weighted by atomic mass is 9.97. The van der Waals surface area contributed by atoms with Crippen LogP contribution in [0.25, 0.3) is 0 Å². The molecule has 26 heavy (non-hydrogen) atoms. The zero-order valence-corrected chi connectivity index (χ0v) is 14.3. The van der Waals surface area contributed by atoms with Crippen molar-refractivity contribution in [1.29, 1.82) is 0 Å². The van der Waals surface area contributed by atoms with Crippen molar-refractivity contribution in [1.82, 2.24) is 9.97 Å². The van der Waals surface area contributed by atoms with E-state index in [9.17, 15) is 13.2 Å². The zero-order valence-electron chi connectivity index (χ0n) is 14.3. The third kappa shape index (κ3) is 4.97. The first-order valence-corrected chi connectivity index (χ1v) is 8.70. The molecule has 1 aromatic heterocycles. The van der Waals surface area contributed by atoms with E-state index in [0.29, 0.717) is 5.82 Å². The van der Waals surface area contributed by atoms with Gasteiger partial charge < -0.3 is 10.6 Å². The number of allylic oxidation sites excluding steroid dienone is 1. The smallest absolute Gasteiger partial charge is 0.370 e. The number of aromatic nitrogens is 2. The number of halogens is 3. The standard InChI is InChI=1S/C19H21F3N4/c20-19(21,22)15-8-4-5-9-16(15)25-18-24-13-11-17(26-18)23-12-10-14-6-2-1-3-7-14/h4-6,8-9,11,13H,1-3,7,10,12H2,(H2,23,24,25,26). The highest BCUT2D eigenvalue weighted by Gasteiger charge is 2.33. The van der Waals surface area contributed by atoms with Gasteiger partial charge in [0.25, 0.3) is 0 Å². The molecule has 1 aliphatic rings. The summed E-state index contributed by atoms with van der Waals surface area (Å²) in [5.41, 5.74) is 0.644. The Labute approximate surface area is 150 Å². The molecule has 0 bridgehead atoms. The second-order valence-corrected chi connectivity index (χ2v) is 6.22. The number of benzene rings is 1. The van der Waals surface area contributed by atoms with Crippen molar-refractivity contribution in [3.63, 3.8) is 0 Å². The van der Waals surface area contributed by atoms with Gasteiger partial charge in [-0.2, -0.15) is 18.2 Å². The Balaban J connectivity index is 1.64. The molecule has 1 aromatic carbocycles. The fourth-order valence-corrected chi connectivity index (χ4v) is 2.96. The number of hydrogen-bond donors (Lipinski definition) is 2. The minimum absolute atomic E-state index is 0.0653. The quantitative estimate of drug-likeness (QED) is 0.662. The lowest BCUT2D eigenvalue weighted by Crippen LogP contribution is -2.10. The summed E-state index contributed by atoms with van der Waals surface area (Å²) in [5.74, 6) is 0.715. The number of nitrogens with one attached hydrogen (secondary N) is 2. The topological polar surface area (TPSA) is 49.8 Å². The van der Waals surface area contributed by atoms with E-state index in [4.69, 9.17) is 0 Å². The number of alkyl halides is 3. The van der Waals surface area contributed by atoms with Crippen LogP contribution in [0.15, 0.2) is 48.2 Å². The Kier molecular flexibility index (Phi) is 5.75. The molecular weight excluding hydrogens is 341 g/mol. The molecule has 0 spiro atoms. The van der Waals surface area contributed by atoms with Crippen LogP contribution in [0, 0.1) is 0 Å². The molecule has 2 aromatic rings. The first kappa shape index (κ1) is 18.2. The second kappa shape index (κ2) is 8.21. The summed E-state index contributed by atoms with van der Waals surface area (Å²) >= 11 is 0. The van der Waals surface area contributed by atoms with Crippen LogP contribution >= 0.6 is 0 Å². The van der Waals surface area contributed by atoms with Crippen LogP contribution < -0.4 is 10.6 Å². The molecule has 0 fully saturated rings. The molecule has 7 heteroatoms. The van der Waals surface area contributed by atoms with Gasteiger partial charge in [0, 0.05) is 12.7 Å². The normalized spacial score (nSPS) is 14.7. The predicted octanol–water partition coefficient (Wildman–Crippen LogP) is 5.54. The molecule has 0 saturated heterocycles. The Morgan fingerprint density at radius 2 is 1.92 bits per heavy atom. The number of hydrogen-bond acceptors (Lipinski definition) is 4. The monoisotopic (exact) mass is 362 g/mol. The lowest BCUT2D eigenvalue weighted by Gasteiger charge is -2.15. The van der Waals surface area contributed by atoms with E-state index in [2.05, 4.69) is 26.7 Å². The van der Waals surface area contributed by atoms with Crippen LogP contribution in [0.1, 0.15) is 37.7 Å². The van der Waals surface area contributed by atoms with Gasteiger partial charge in [-0.3, -0.25) is 0 Å². The van der Waals surface area contributed by atoms with E-state index in [0.717, 1.165) is 31.9 Å². The summed E-state index contributed by atoms with van der Waals surface area (Å²) in [6, 6.07) is 6.99. The van der Waals surface area contributed by atoms with Crippen LogP contribution in [-0.2, 0) is 6.18 Å². The molecule has 138 valence electrons. The van der Waals surface area contributed by atoms with Crippen molar-refractivity contribution in [2.75, 3.05) is 17.2 Å². The average Bonchev–Trinajstić information content (AvgIpc) is 2.63. The molecule has 4 nitrogen and oxygen atoms in total. The summed E-state index contributed by atoms with van der Waals surface area (Å²) in [6.07, 6.45) is 5.13. The predicted molar refractivity (Wildman–Crippen MR) is 96.4 cm³/mol. The van der Waals surface area contributed by atoms with E-state index < -0.39 is 11.7 Å². The maximum atomic E-state index is 13.1. The highest BCUT2D eigenvalue weighted by atomic mass is 19.4. The highest BCUT2D eigenvalue weighted by Crippen LogP contribution is 2.35. The highest BCUT2D eigenvalue weighted by molar-refractivity contribution is 5.60. The van der Waals surface area contributed by atoms with Crippen molar-refractivity contribution in [3.8, 4) is 0 Å². The van der Waals surface area contributed by atoms with Crippen LogP contribution in [-0.4, -0.2) is 16.5 Å². The van der Waals surface area contributed by atoms with E-state index >= 15 is 0 Å². The Bertz CT molecular complexity index is 771.